The molecule has 2 saturated heterocycles. The molecule has 2 aliphatic rings. The Hall–Kier alpha value is -2.17. The molecule has 0 amide bonds. The van der Waals surface area contributed by atoms with E-state index in [-0.39, 0.29) is 11.7 Å². The number of ether oxygens (including phenoxy) is 1. The first-order valence-electron chi connectivity index (χ1n) is 8.41. The van der Waals surface area contributed by atoms with Gasteiger partial charge in [0, 0.05) is 44.5 Å². The molecular weight excluding hydrogens is 308 g/mol. The van der Waals surface area contributed by atoms with Crippen LogP contribution >= 0.6 is 0 Å². The van der Waals surface area contributed by atoms with Crippen molar-refractivity contribution >= 4 is 17.1 Å². The largest absolute Gasteiger partial charge is 0.381 e. The highest BCUT2D eigenvalue weighted by molar-refractivity contribution is 5.69. The van der Waals surface area contributed by atoms with E-state index in [1.54, 1.807) is 6.07 Å². The summed E-state index contributed by atoms with van der Waals surface area (Å²) in [7, 11) is 0. The van der Waals surface area contributed by atoms with Gasteiger partial charge < -0.3 is 15.0 Å². The Balaban J connectivity index is 1.61. The minimum absolute atomic E-state index is 0.0364. The Labute approximate surface area is 141 Å². The average molecular weight is 330 g/mol. The molecule has 1 aromatic carbocycles. The summed E-state index contributed by atoms with van der Waals surface area (Å²) in [5.41, 5.74) is 0.912. The average Bonchev–Trinajstić information content (AvgIpc) is 2.63. The lowest BCUT2D eigenvalue weighted by molar-refractivity contribution is -0.384. The summed E-state index contributed by atoms with van der Waals surface area (Å²) in [4.78, 5) is 16.7. The van der Waals surface area contributed by atoms with E-state index < -0.39 is 4.92 Å². The number of hydrogen-bond acceptors (Lipinski definition) is 5. The molecule has 7 nitrogen and oxygen atoms in total. The number of hydrogen-bond donors (Lipinski definition) is 1. The van der Waals surface area contributed by atoms with Gasteiger partial charge in [-0.05, 0) is 37.8 Å². The molecular formula is C17H22N4O3. The van der Waals surface area contributed by atoms with Crippen LogP contribution in [0, 0.1) is 16.7 Å². The van der Waals surface area contributed by atoms with Crippen LogP contribution in [0.2, 0.25) is 0 Å². The molecule has 7 heteroatoms. The van der Waals surface area contributed by atoms with E-state index in [9.17, 15) is 10.1 Å². The van der Waals surface area contributed by atoms with Crippen LogP contribution in [0.3, 0.4) is 0 Å². The smallest absolute Gasteiger partial charge is 0.289 e. The fourth-order valence-corrected chi connectivity index (χ4v) is 3.55. The van der Waals surface area contributed by atoms with Crippen LogP contribution in [-0.4, -0.2) is 48.2 Å². The third-order valence-corrected chi connectivity index (χ3v) is 4.90. The Bertz CT molecular complexity index is 629. The predicted molar refractivity (Wildman–Crippen MR) is 91.4 cm³/mol. The Morgan fingerprint density at radius 2 is 1.96 bits per heavy atom. The van der Waals surface area contributed by atoms with Crippen LogP contribution in [0.4, 0.5) is 17.1 Å². The van der Waals surface area contributed by atoms with Crippen LogP contribution in [0.1, 0.15) is 25.7 Å². The molecule has 1 aromatic rings. The highest BCUT2D eigenvalue weighted by Gasteiger charge is 2.27. The van der Waals surface area contributed by atoms with Crippen molar-refractivity contribution in [3.8, 4) is 0 Å². The van der Waals surface area contributed by atoms with Crippen molar-refractivity contribution in [2.24, 2.45) is 0 Å². The van der Waals surface area contributed by atoms with Crippen LogP contribution < -0.4 is 5.32 Å². The molecule has 0 spiro atoms. The molecule has 2 heterocycles. The molecule has 128 valence electrons. The van der Waals surface area contributed by atoms with Crippen LogP contribution in [-0.2, 0) is 4.74 Å². The Morgan fingerprint density at radius 1 is 1.25 bits per heavy atom. The Morgan fingerprint density at radius 3 is 2.58 bits per heavy atom. The molecule has 0 bridgehead atoms. The summed E-state index contributed by atoms with van der Waals surface area (Å²) in [6, 6.07) is 5.30. The van der Waals surface area contributed by atoms with Crippen molar-refractivity contribution in [2.45, 2.75) is 37.8 Å². The number of likely N-dealkylation sites (tertiary alicyclic amines) is 1. The summed E-state index contributed by atoms with van der Waals surface area (Å²) in [5.74, 6) is 0. The van der Waals surface area contributed by atoms with Crippen molar-refractivity contribution in [2.75, 3.05) is 31.6 Å². The summed E-state index contributed by atoms with van der Waals surface area (Å²) in [5, 5.41) is 14.5. The number of nitrogens with one attached hydrogen (secondary N) is 1. The number of piperidine rings is 1. The van der Waals surface area contributed by atoms with E-state index in [1.807, 2.05) is 0 Å². The van der Waals surface area contributed by atoms with Gasteiger partial charge in [-0.25, -0.2) is 4.85 Å². The van der Waals surface area contributed by atoms with E-state index in [4.69, 9.17) is 11.3 Å². The number of nitrogens with zero attached hydrogens (tertiary/aromatic N) is 3. The summed E-state index contributed by atoms with van der Waals surface area (Å²) < 4.78 is 5.42. The van der Waals surface area contributed by atoms with Gasteiger partial charge >= 0.3 is 0 Å². The Kier molecular flexibility index (Phi) is 5.28. The molecule has 0 aliphatic carbocycles. The zero-order chi connectivity index (χ0) is 16.9. The summed E-state index contributed by atoms with van der Waals surface area (Å²) >= 11 is 0. The van der Waals surface area contributed by atoms with Gasteiger partial charge in [-0.2, -0.15) is 0 Å². The van der Waals surface area contributed by atoms with Gasteiger partial charge in [0.2, 0.25) is 0 Å². The third-order valence-electron chi connectivity index (χ3n) is 4.90. The summed E-state index contributed by atoms with van der Waals surface area (Å²) in [6.45, 7) is 10.8. The van der Waals surface area contributed by atoms with E-state index in [1.165, 1.54) is 12.1 Å². The molecule has 0 unspecified atom stereocenters. The van der Waals surface area contributed by atoms with Crippen molar-refractivity contribution < 1.29 is 9.66 Å². The van der Waals surface area contributed by atoms with E-state index >= 15 is 0 Å². The maximum absolute atomic E-state index is 11.2. The van der Waals surface area contributed by atoms with Gasteiger partial charge in [-0.1, -0.05) is 0 Å². The first-order valence-corrected chi connectivity index (χ1v) is 8.41. The van der Waals surface area contributed by atoms with E-state index in [0.717, 1.165) is 52.0 Å². The molecule has 24 heavy (non-hydrogen) atoms. The van der Waals surface area contributed by atoms with Gasteiger partial charge in [0.1, 0.15) is 5.69 Å². The molecule has 0 aromatic heterocycles. The van der Waals surface area contributed by atoms with Crippen molar-refractivity contribution in [1.29, 1.82) is 0 Å². The quantitative estimate of drug-likeness (QED) is 0.521. The first kappa shape index (κ1) is 16.7. The van der Waals surface area contributed by atoms with Crippen molar-refractivity contribution in [1.82, 2.24) is 4.90 Å². The van der Waals surface area contributed by atoms with Gasteiger partial charge in [0.25, 0.3) is 5.69 Å². The van der Waals surface area contributed by atoms with Gasteiger partial charge in [-0.3, -0.25) is 10.1 Å². The maximum atomic E-state index is 11.2. The molecule has 3 rings (SSSR count). The van der Waals surface area contributed by atoms with Crippen LogP contribution in [0.5, 0.6) is 0 Å². The SMILES string of the molecule is [C-]#[N+]c1ccc([N+](=O)[O-])c(NC2CCN(C3CCOCC3)CC2)c1. The van der Waals surface area contributed by atoms with Gasteiger partial charge in [-0.15, -0.1) is 0 Å². The van der Waals surface area contributed by atoms with E-state index in [0.29, 0.717) is 17.4 Å². The lowest BCUT2D eigenvalue weighted by Crippen LogP contribution is -2.46. The lowest BCUT2D eigenvalue weighted by Gasteiger charge is -2.39. The number of nitro benzene ring substituents is 1. The third kappa shape index (κ3) is 3.83. The summed E-state index contributed by atoms with van der Waals surface area (Å²) in [6.07, 6.45) is 4.10. The zero-order valence-electron chi connectivity index (χ0n) is 13.6. The molecule has 2 fully saturated rings. The first-order chi connectivity index (χ1) is 11.7. The molecule has 1 N–H and O–H groups in total. The second kappa shape index (κ2) is 7.60. The van der Waals surface area contributed by atoms with Crippen molar-refractivity contribution in [3.63, 3.8) is 0 Å². The highest BCUT2D eigenvalue weighted by Crippen LogP contribution is 2.31. The minimum atomic E-state index is -0.396. The molecule has 0 atom stereocenters. The van der Waals surface area contributed by atoms with Crippen LogP contribution in [0.15, 0.2) is 18.2 Å². The zero-order valence-corrected chi connectivity index (χ0v) is 13.6. The standard InChI is InChI=1S/C17H22N4O3/c1-18-14-2-3-17(21(22)23)16(12-14)19-13-4-8-20(9-5-13)15-6-10-24-11-7-15/h2-3,12-13,15,19H,4-11H2. The van der Waals surface area contributed by atoms with E-state index in [2.05, 4.69) is 15.1 Å². The fourth-order valence-electron chi connectivity index (χ4n) is 3.55. The fraction of sp³-hybridized carbons (Fsp3) is 0.588. The number of nitro groups is 1. The lowest BCUT2D eigenvalue weighted by atomic mass is 9.99. The van der Waals surface area contributed by atoms with Crippen LogP contribution in [0.25, 0.3) is 4.85 Å². The minimum Gasteiger partial charge on any atom is -0.381 e. The number of benzene rings is 1. The molecule has 0 radical (unpaired) electrons. The normalized spacial score (nSPS) is 20.5. The topological polar surface area (TPSA) is 72.0 Å². The second-order valence-corrected chi connectivity index (χ2v) is 6.37. The maximum Gasteiger partial charge on any atom is 0.289 e. The molecule has 2 aliphatic heterocycles. The second-order valence-electron chi connectivity index (χ2n) is 6.37. The van der Waals surface area contributed by atoms with Gasteiger partial charge in [0.15, 0.2) is 5.69 Å². The monoisotopic (exact) mass is 330 g/mol. The number of rotatable bonds is 4. The molecule has 0 saturated carbocycles. The highest BCUT2D eigenvalue weighted by atomic mass is 16.6. The van der Waals surface area contributed by atoms with Gasteiger partial charge in [0.05, 0.1) is 11.5 Å². The number of anilines is 1. The van der Waals surface area contributed by atoms with Crippen molar-refractivity contribution in [3.05, 3.63) is 39.7 Å². The predicted octanol–water partition coefficient (Wildman–Crippen LogP) is 3.20.